The summed E-state index contributed by atoms with van der Waals surface area (Å²) in [7, 11) is 2.12. The Kier molecular flexibility index (Phi) is 4.27. The molecule has 1 saturated carbocycles. The summed E-state index contributed by atoms with van der Waals surface area (Å²) in [6.45, 7) is 2.27. The van der Waals surface area contributed by atoms with Crippen molar-refractivity contribution in [3.8, 4) is 0 Å². The van der Waals surface area contributed by atoms with E-state index in [1.165, 1.54) is 17.7 Å². The minimum absolute atomic E-state index is 0.0646. The van der Waals surface area contributed by atoms with Gasteiger partial charge in [0.1, 0.15) is 0 Å². The van der Waals surface area contributed by atoms with Crippen LogP contribution < -0.4 is 15.5 Å². The van der Waals surface area contributed by atoms with Gasteiger partial charge in [0.05, 0.1) is 6.04 Å². The molecule has 134 valence electrons. The van der Waals surface area contributed by atoms with Gasteiger partial charge in [-0.25, -0.2) is 4.79 Å². The largest absolute Gasteiger partial charge is 0.374 e. The maximum Gasteiger partial charge on any atom is 0.315 e. The maximum absolute atomic E-state index is 12.2. The Bertz CT molecular complexity index is 686. The second-order valence-corrected chi connectivity index (χ2v) is 7.49. The third kappa shape index (κ3) is 3.57. The summed E-state index contributed by atoms with van der Waals surface area (Å²) < 4.78 is 0. The van der Waals surface area contributed by atoms with Gasteiger partial charge in [-0.2, -0.15) is 0 Å². The predicted octanol–water partition coefficient (Wildman–Crippen LogP) is 1.63. The normalized spacial score (nSPS) is 22.8. The lowest BCUT2D eigenvalue weighted by molar-refractivity contribution is -0.128. The van der Waals surface area contributed by atoms with E-state index >= 15 is 0 Å². The molecule has 2 heterocycles. The molecule has 1 aliphatic carbocycles. The van der Waals surface area contributed by atoms with E-state index in [-0.39, 0.29) is 18.0 Å². The number of rotatable bonds is 4. The highest BCUT2D eigenvalue weighted by Gasteiger charge is 2.39. The highest BCUT2D eigenvalue weighted by atomic mass is 16.2. The first-order valence-corrected chi connectivity index (χ1v) is 9.27. The molecule has 25 heavy (non-hydrogen) atoms. The molecule has 0 spiro atoms. The molecule has 1 aromatic rings. The predicted molar refractivity (Wildman–Crippen MR) is 96.5 cm³/mol. The summed E-state index contributed by atoms with van der Waals surface area (Å²) in [4.78, 5) is 28.3. The van der Waals surface area contributed by atoms with Crippen LogP contribution in [-0.2, 0) is 17.8 Å². The van der Waals surface area contributed by atoms with Crippen LogP contribution in [0, 0.1) is 0 Å². The highest BCUT2D eigenvalue weighted by Crippen LogP contribution is 2.30. The van der Waals surface area contributed by atoms with Gasteiger partial charge in [-0.15, -0.1) is 0 Å². The molecule has 3 amide bonds. The topological polar surface area (TPSA) is 64.7 Å². The van der Waals surface area contributed by atoms with Gasteiger partial charge >= 0.3 is 6.03 Å². The van der Waals surface area contributed by atoms with E-state index in [1.54, 1.807) is 0 Å². The number of likely N-dealkylation sites (tertiary alicyclic amines) is 1. The minimum atomic E-state index is -0.190. The van der Waals surface area contributed by atoms with E-state index in [0.717, 1.165) is 31.4 Å². The van der Waals surface area contributed by atoms with Crippen LogP contribution in [0.15, 0.2) is 18.2 Å². The Hall–Kier alpha value is -2.24. The number of nitrogens with zero attached hydrogens (tertiary/aromatic N) is 2. The summed E-state index contributed by atoms with van der Waals surface area (Å²) in [5, 5.41) is 5.87. The van der Waals surface area contributed by atoms with Crippen molar-refractivity contribution < 1.29 is 9.59 Å². The van der Waals surface area contributed by atoms with E-state index < -0.39 is 0 Å². The number of fused-ring (bicyclic) bond motifs is 1. The first kappa shape index (κ1) is 16.2. The van der Waals surface area contributed by atoms with Crippen LogP contribution in [0.3, 0.4) is 0 Å². The van der Waals surface area contributed by atoms with Gasteiger partial charge in [0.25, 0.3) is 0 Å². The highest BCUT2D eigenvalue weighted by molar-refractivity contribution is 5.82. The Morgan fingerprint density at radius 1 is 1.32 bits per heavy atom. The number of carbonyl (C=O) groups excluding carboxylic acids is 2. The van der Waals surface area contributed by atoms with Crippen molar-refractivity contribution in [2.24, 2.45) is 0 Å². The van der Waals surface area contributed by atoms with E-state index in [2.05, 4.69) is 40.8 Å². The van der Waals surface area contributed by atoms with Crippen molar-refractivity contribution in [1.29, 1.82) is 0 Å². The van der Waals surface area contributed by atoms with Gasteiger partial charge in [0.2, 0.25) is 5.91 Å². The third-order valence-electron chi connectivity index (χ3n) is 5.43. The Balaban J connectivity index is 1.28. The molecular formula is C19H26N4O2. The number of aryl methyl sites for hydroxylation is 1. The smallest absolute Gasteiger partial charge is 0.315 e. The number of anilines is 1. The molecule has 0 aromatic heterocycles. The fourth-order valence-electron chi connectivity index (χ4n) is 3.93. The summed E-state index contributed by atoms with van der Waals surface area (Å²) in [6.07, 6.45) is 4.92. The molecule has 0 radical (unpaired) electrons. The summed E-state index contributed by atoms with van der Waals surface area (Å²) in [5.74, 6) is 0.173. The quantitative estimate of drug-likeness (QED) is 0.874. The van der Waals surface area contributed by atoms with E-state index in [4.69, 9.17) is 0 Å². The Morgan fingerprint density at radius 2 is 2.16 bits per heavy atom. The molecule has 4 rings (SSSR count). The van der Waals surface area contributed by atoms with E-state index in [9.17, 15) is 9.59 Å². The molecule has 6 heteroatoms. The van der Waals surface area contributed by atoms with Crippen molar-refractivity contribution in [2.75, 3.05) is 25.0 Å². The summed E-state index contributed by atoms with van der Waals surface area (Å²) >= 11 is 0. The molecule has 2 N–H and O–H groups in total. The number of amides is 3. The zero-order valence-electron chi connectivity index (χ0n) is 14.8. The fourth-order valence-corrected chi connectivity index (χ4v) is 3.93. The number of carbonyl (C=O) groups is 2. The van der Waals surface area contributed by atoms with Crippen molar-refractivity contribution in [3.63, 3.8) is 0 Å². The van der Waals surface area contributed by atoms with Gasteiger partial charge in [0.15, 0.2) is 0 Å². The Labute approximate surface area is 148 Å². The minimum Gasteiger partial charge on any atom is -0.374 e. The molecular weight excluding hydrogens is 316 g/mol. The Morgan fingerprint density at radius 3 is 2.96 bits per heavy atom. The monoisotopic (exact) mass is 342 g/mol. The molecule has 6 nitrogen and oxygen atoms in total. The van der Waals surface area contributed by atoms with E-state index in [0.29, 0.717) is 25.6 Å². The first-order chi connectivity index (χ1) is 12.1. The SMILES string of the molecule is CN1CCCc2cc(CNC(=O)NC3CC(=O)N(C4CC4)C3)ccc21. The number of urea groups is 1. The van der Waals surface area contributed by atoms with Crippen LogP contribution in [0.4, 0.5) is 10.5 Å². The second kappa shape index (κ2) is 6.58. The van der Waals surface area contributed by atoms with Crippen molar-refractivity contribution in [2.45, 2.75) is 50.7 Å². The van der Waals surface area contributed by atoms with Crippen LogP contribution in [0.5, 0.6) is 0 Å². The van der Waals surface area contributed by atoms with Crippen LogP contribution >= 0.6 is 0 Å². The van der Waals surface area contributed by atoms with E-state index in [1.807, 2.05) is 4.90 Å². The zero-order chi connectivity index (χ0) is 17.4. The first-order valence-electron chi connectivity index (χ1n) is 9.27. The van der Waals surface area contributed by atoms with Crippen LogP contribution in [0.2, 0.25) is 0 Å². The zero-order valence-corrected chi connectivity index (χ0v) is 14.8. The molecule has 1 unspecified atom stereocenters. The standard InChI is InChI=1S/C19H26N4O2/c1-22-8-2-3-14-9-13(4-7-17(14)22)11-20-19(25)21-15-10-18(24)23(12-15)16-5-6-16/h4,7,9,15-16H,2-3,5-6,8,10-12H2,1H3,(H2,20,21,25). The average molecular weight is 342 g/mol. The van der Waals surface area contributed by atoms with Gasteiger partial charge in [-0.1, -0.05) is 12.1 Å². The maximum atomic E-state index is 12.2. The molecule has 1 atom stereocenters. The number of hydrogen-bond donors (Lipinski definition) is 2. The third-order valence-corrected chi connectivity index (χ3v) is 5.43. The van der Waals surface area contributed by atoms with Crippen molar-refractivity contribution >= 4 is 17.6 Å². The average Bonchev–Trinajstić information content (AvgIpc) is 3.37. The number of benzene rings is 1. The number of nitrogens with one attached hydrogen (secondary N) is 2. The van der Waals surface area contributed by atoms with Crippen LogP contribution in [-0.4, -0.2) is 49.1 Å². The molecule has 2 fully saturated rings. The molecule has 1 saturated heterocycles. The molecule has 3 aliphatic rings. The fraction of sp³-hybridized carbons (Fsp3) is 0.579. The van der Waals surface area contributed by atoms with Gasteiger partial charge in [0, 0.05) is 44.8 Å². The second-order valence-electron chi connectivity index (χ2n) is 7.49. The lowest BCUT2D eigenvalue weighted by Gasteiger charge is -2.27. The molecule has 1 aromatic carbocycles. The summed E-state index contributed by atoms with van der Waals surface area (Å²) in [6, 6.07) is 6.59. The molecule has 2 aliphatic heterocycles. The van der Waals surface area contributed by atoms with Gasteiger partial charge in [-0.3, -0.25) is 4.79 Å². The molecule has 0 bridgehead atoms. The van der Waals surface area contributed by atoms with Crippen molar-refractivity contribution in [3.05, 3.63) is 29.3 Å². The van der Waals surface area contributed by atoms with Crippen molar-refractivity contribution in [1.82, 2.24) is 15.5 Å². The van der Waals surface area contributed by atoms with Crippen LogP contribution in [0.1, 0.15) is 36.8 Å². The van der Waals surface area contributed by atoms with Gasteiger partial charge < -0.3 is 20.4 Å². The van der Waals surface area contributed by atoms with Gasteiger partial charge in [-0.05, 0) is 42.9 Å². The summed E-state index contributed by atoms with van der Waals surface area (Å²) in [5.41, 5.74) is 3.77. The van der Waals surface area contributed by atoms with Crippen LogP contribution in [0.25, 0.3) is 0 Å². The number of hydrogen-bond acceptors (Lipinski definition) is 3. The lowest BCUT2D eigenvalue weighted by atomic mass is 9.99. The lowest BCUT2D eigenvalue weighted by Crippen LogP contribution is -2.43.